The van der Waals surface area contributed by atoms with E-state index in [1.807, 2.05) is 6.07 Å². The van der Waals surface area contributed by atoms with Crippen molar-refractivity contribution in [1.82, 2.24) is 5.43 Å². The predicted octanol–water partition coefficient (Wildman–Crippen LogP) is 4.66. The summed E-state index contributed by atoms with van der Waals surface area (Å²) < 4.78 is 0. The molecule has 0 atom stereocenters. The third-order valence-corrected chi connectivity index (χ3v) is 4.44. The Morgan fingerprint density at radius 3 is 2.50 bits per heavy atom. The van der Waals surface area contributed by atoms with Crippen LogP contribution in [0.1, 0.15) is 12.0 Å². The minimum atomic E-state index is -0.182. The summed E-state index contributed by atoms with van der Waals surface area (Å²) in [7, 11) is 0. The van der Waals surface area contributed by atoms with Gasteiger partial charge in [0.2, 0.25) is 5.91 Å². The summed E-state index contributed by atoms with van der Waals surface area (Å²) in [6.45, 7) is 0. The summed E-state index contributed by atoms with van der Waals surface area (Å²) in [5.41, 5.74) is 3.50. The zero-order valence-corrected chi connectivity index (χ0v) is 13.7. The molecule has 0 saturated heterocycles. The van der Waals surface area contributed by atoms with E-state index < -0.39 is 0 Å². The summed E-state index contributed by atoms with van der Waals surface area (Å²) in [5.74, 6) is 0.108. The molecule has 0 aliphatic heterocycles. The SMILES string of the molecule is O=C(CCCl)N/N=C/c1cc2cccc3ccc4cccc1c4c32. The largest absolute Gasteiger partial charge is 0.273 e. The van der Waals surface area contributed by atoms with Crippen LogP contribution in [0.2, 0.25) is 0 Å². The third-order valence-electron chi connectivity index (χ3n) is 4.25. The van der Waals surface area contributed by atoms with E-state index >= 15 is 0 Å². The maximum absolute atomic E-state index is 11.5. The van der Waals surface area contributed by atoms with Crippen LogP contribution in [-0.4, -0.2) is 18.0 Å². The molecule has 0 aliphatic carbocycles. The molecular weight excluding hydrogens is 320 g/mol. The molecule has 4 aromatic rings. The predicted molar refractivity (Wildman–Crippen MR) is 101 cm³/mol. The van der Waals surface area contributed by atoms with E-state index in [4.69, 9.17) is 11.6 Å². The van der Waals surface area contributed by atoms with Gasteiger partial charge < -0.3 is 0 Å². The summed E-state index contributed by atoms with van der Waals surface area (Å²) in [6, 6.07) is 19.0. The van der Waals surface area contributed by atoms with Gasteiger partial charge in [0.05, 0.1) is 6.21 Å². The van der Waals surface area contributed by atoms with Gasteiger partial charge in [-0.05, 0) is 38.4 Å². The highest BCUT2D eigenvalue weighted by molar-refractivity contribution is 6.26. The maximum atomic E-state index is 11.5. The lowest BCUT2D eigenvalue weighted by molar-refractivity contribution is -0.120. The number of nitrogens with zero attached hydrogens (tertiary/aromatic N) is 1. The summed E-state index contributed by atoms with van der Waals surface area (Å²) >= 11 is 5.56. The second-order valence-corrected chi connectivity index (χ2v) is 6.12. The number of carbonyl (C=O) groups is 1. The highest BCUT2D eigenvalue weighted by Crippen LogP contribution is 2.35. The number of nitrogens with one attached hydrogen (secondary N) is 1. The molecule has 3 nitrogen and oxygen atoms in total. The minimum Gasteiger partial charge on any atom is -0.273 e. The molecule has 4 aromatic carbocycles. The summed E-state index contributed by atoms with van der Waals surface area (Å²) in [6.07, 6.45) is 1.96. The van der Waals surface area contributed by atoms with E-state index in [-0.39, 0.29) is 12.3 Å². The number of halogens is 1. The van der Waals surface area contributed by atoms with Crippen LogP contribution in [0.5, 0.6) is 0 Å². The molecule has 0 saturated carbocycles. The highest BCUT2D eigenvalue weighted by Gasteiger charge is 2.10. The van der Waals surface area contributed by atoms with Crippen molar-refractivity contribution >= 4 is 56.0 Å². The van der Waals surface area contributed by atoms with Crippen LogP contribution in [0.3, 0.4) is 0 Å². The second-order valence-electron chi connectivity index (χ2n) is 5.75. The number of hydrogen-bond donors (Lipinski definition) is 1. The molecule has 0 fully saturated rings. The van der Waals surface area contributed by atoms with Gasteiger partial charge in [0, 0.05) is 17.9 Å². The van der Waals surface area contributed by atoms with Crippen LogP contribution in [-0.2, 0) is 4.79 Å². The van der Waals surface area contributed by atoms with Crippen LogP contribution in [0.15, 0.2) is 59.7 Å². The van der Waals surface area contributed by atoms with Gasteiger partial charge in [0.25, 0.3) is 0 Å². The molecule has 4 rings (SSSR count). The first-order valence-corrected chi connectivity index (χ1v) is 8.36. The van der Waals surface area contributed by atoms with Crippen molar-refractivity contribution in [3.05, 3.63) is 60.2 Å². The van der Waals surface area contributed by atoms with Crippen LogP contribution >= 0.6 is 11.6 Å². The van der Waals surface area contributed by atoms with Crippen LogP contribution in [0.4, 0.5) is 0 Å². The van der Waals surface area contributed by atoms with Gasteiger partial charge in [-0.1, -0.05) is 48.5 Å². The van der Waals surface area contributed by atoms with Gasteiger partial charge in [-0.15, -0.1) is 11.6 Å². The number of hydrazone groups is 1. The smallest absolute Gasteiger partial charge is 0.241 e. The van der Waals surface area contributed by atoms with Gasteiger partial charge in [0.1, 0.15) is 0 Å². The lowest BCUT2D eigenvalue weighted by atomic mass is 9.92. The van der Waals surface area contributed by atoms with Crippen molar-refractivity contribution in [2.24, 2.45) is 5.10 Å². The second kappa shape index (κ2) is 6.10. The Hall–Kier alpha value is -2.65. The number of benzene rings is 4. The Balaban J connectivity index is 1.89. The van der Waals surface area contributed by atoms with E-state index in [0.29, 0.717) is 5.88 Å². The van der Waals surface area contributed by atoms with E-state index in [0.717, 1.165) is 10.9 Å². The Morgan fingerprint density at radius 2 is 1.71 bits per heavy atom. The fraction of sp³-hybridized carbons (Fsp3) is 0.100. The molecule has 0 unspecified atom stereocenters. The van der Waals surface area contributed by atoms with Gasteiger partial charge in [0.15, 0.2) is 0 Å². The average molecular weight is 335 g/mol. The van der Waals surface area contributed by atoms with Crippen molar-refractivity contribution in [1.29, 1.82) is 0 Å². The fourth-order valence-corrected chi connectivity index (χ4v) is 3.38. The quantitative estimate of drug-likeness (QED) is 0.251. The number of carbonyl (C=O) groups excluding carboxylic acids is 1. The van der Waals surface area contributed by atoms with E-state index in [9.17, 15) is 4.79 Å². The standard InChI is InChI=1S/C20H15ClN2O/c21-10-9-18(24)23-22-12-16-11-15-5-1-3-13-7-8-14-4-2-6-17(16)20(14)19(13)15/h1-8,11-12H,9-10H2,(H,23,24)/b22-12+. The first-order valence-electron chi connectivity index (χ1n) is 7.82. The molecule has 0 bridgehead atoms. The maximum Gasteiger partial charge on any atom is 0.241 e. The minimum absolute atomic E-state index is 0.182. The number of amides is 1. The van der Waals surface area contributed by atoms with Crippen molar-refractivity contribution in [3.63, 3.8) is 0 Å². The van der Waals surface area contributed by atoms with E-state index in [1.54, 1.807) is 6.21 Å². The molecule has 118 valence electrons. The lowest BCUT2D eigenvalue weighted by Gasteiger charge is -2.12. The normalized spacial score (nSPS) is 11.9. The molecule has 4 heteroatoms. The fourth-order valence-electron chi connectivity index (χ4n) is 3.21. The topological polar surface area (TPSA) is 41.5 Å². The molecule has 0 aliphatic rings. The monoisotopic (exact) mass is 334 g/mol. The molecule has 0 radical (unpaired) electrons. The molecule has 1 N–H and O–H groups in total. The van der Waals surface area contributed by atoms with Crippen LogP contribution < -0.4 is 5.43 Å². The zero-order valence-electron chi connectivity index (χ0n) is 12.9. The van der Waals surface area contributed by atoms with Gasteiger partial charge in [-0.2, -0.15) is 5.10 Å². The Labute approximate surface area is 144 Å². The van der Waals surface area contributed by atoms with E-state index in [2.05, 4.69) is 59.1 Å². The van der Waals surface area contributed by atoms with Gasteiger partial charge >= 0.3 is 0 Å². The third kappa shape index (κ3) is 2.47. The highest BCUT2D eigenvalue weighted by atomic mass is 35.5. The summed E-state index contributed by atoms with van der Waals surface area (Å²) in [4.78, 5) is 11.5. The Morgan fingerprint density at radius 1 is 1.00 bits per heavy atom. The Bertz CT molecular complexity index is 1070. The molecule has 0 spiro atoms. The van der Waals surface area contributed by atoms with Crippen molar-refractivity contribution in [3.8, 4) is 0 Å². The summed E-state index contributed by atoms with van der Waals surface area (Å²) in [5, 5.41) is 11.3. The molecule has 24 heavy (non-hydrogen) atoms. The van der Waals surface area contributed by atoms with Crippen LogP contribution in [0, 0.1) is 0 Å². The first-order chi connectivity index (χ1) is 11.8. The molecular formula is C20H15ClN2O. The van der Waals surface area contributed by atoms with Crippen molar-refractivity contribution < 1.29 is 4.79 Å². The van der Waals surface area contributed by atoms with Crippen molar-refractivity contribution in [2.45, 2.75) is 6.42 Å². The lowest BCUT2D eigenvalue weighted by Crippen LogP contribution is -2.17. The molecule has 1 amide bonds. The number of rotatable bonds is 4. The van der Waals surface area contributed by atoms with Gasteiger partial charge in [-0.25, -0.2) is 5.43 Å². The van der Waals surface area contributed by atoms with E-state index in [1.165, 1.54) is 26.9 Å². The number of hydrogen-bond acceptors (Lipinski definition) is 2. The Kier molecular flexibility index (Phi) is 3.79. The zero-order chi connectivity index (χ0) is 16.5. The van der Waals surface area contributed by atoms with Crippen molar-refractivity contribution in [2.75, 3.05) is 5.88 Å². The average Bonchev–Trinajstić information content (AvgIpc) is 2.60. The molecule has 0 heterocycles. The first kappa shape index (κ1) is 14.9. The van der Waals surface area contributed by atoms with Crippen LogP contribution in [0.25, 0.3) is 32.3 Å². The van der Waals surface area contributed by atoms with Gasteiger partial charge in [-0.3, -0.25) is 4.79 Å². The number of alkyl halides is 1. The molecule has 0 aromatic heterocycles.